The number of hydrogen-bond acceptors (Lipinski definition) is 6. The Kier molecular flexibility index (Phi) is 8.13. The van der Waals surface area contributed by atoms with Crippen LogP contribution in [0.4, 0.5) is 0 Å². The minimum absolute atomic E-state index is 0.0378. The summed E-state index contributed by atoms with van der Waals surface area (Å²) in [5.74, 6) is -0.315. The van der Waals surface area contributed by atoms with E-state index in [1.165, 1.54) is 31.3 Å². The first-order chi connectivity index (χ1) is 13.8. The molecule has 1 fully saturated rings. The maximum atomic E-state index is 12.7. The normalized spacial score (nSPS) is 15.6. The number of hydrogen-bond donors (Lipinski definition) is 1. The number of carbonyl (C=O) groups excluding carboxylic acids is 2. The molecule has 9 nitrogen and oxygen atoms in total. The van der Waals surface area contributed by atoms with E-state index in [0.717, 1.165) is 10.7 Å². The smallest absolute Gasteiger partial charge is 0.243 e. The summed E-state index contributed by atoms with van der Waals surface area (Å²) in [5.41, 5.74) is 0.365. The summed E-state index contributed by atoms with van der Waals surface area (Å²) in [5, 5.41) is 11.6. The van der Waals surface area contributed by atoms with Crippen molar-refractivity contribution in [3.63, 3.8) is 0 Å². The van der Waals surface area contributed by atoms with Crippen molar-refractivity contribution >= 4 is 21.8 Å². The van der Waals surface area contributed by atoms with E-state index in [1.54, 1.807) is 4.90 Å². The predicted octanol–water partition coefficient (Wildman–Crippen LogP) is -0.151. The zero-order valence-electron chi connectivity index (χ0n) is 16.8. The van der Waals surface area contributed by atoms with Gasteiger partial charge in [-0.1, -0.05) is 0 Å². The van der Waals surface area contributed by atoms with Crippen LogP contribution in [0.25, 0.3) is 0 Å². The number of nitrogens with one attached hydrogen (secondary N) is 1. The zero-order chi connectivity index (χ0) is 21.4. The van der Waals surface area contributed by atoms with Crippen molar-refractivity contribution in [1.29, 1.82) is 5.26 Å². The number of likely N-dealkylation sites (N-methyl/N-ethyl adjacent to an activating group) is 2. The molecule has 1 aliphatic rings. The molecule has 0 aliphatic carbocycles. The lowest BCUT2D eigenvalue weighted by atomic mass is 10.2. The van der Waals surface area contributed by atoms with Crippen LogP contribution in [-0.4, -0.2) is 87.2 Å². The van der Waals surface area contributed by atoms with Crippen LogP contribution in [-0.2, 0) is 19.6 Å². The fourth-order valence-electron chi connectivity index (χ4n) is 3.09. The van der Waals surface area contributed by atoms with E-state index in [0.29, 0.717) is 44.8 Å². The van der Waals surface area contributed by atoms with Gasteiger partial charge in [0.05, 0.1) is 29.6 Å². The molecule has 1 aromatic carbocycles. The molecule has 0 unspecified atom stereocenters. The third kappa shape index (κ3) is 6.25. The summed E-state index contributed by atoms with van der Waals surface area (Å²) < 4.78 is 26.4. The second-order valence-electron chi connectivity index (χ2n) is 6.86. The third-order valence-corrected chi connectivity index (χ3v) is 6.55. The standard InChI is InChI=1S/C19H27N5O4S/c1-3-21-18(25)14-23-9-4-10-24(12-11-23)19(26)15-22(2)29(27,28)17-7-5-16(13-20)6-8-17/h5-8H,3-4,9-12,14-15H2,1-2H3,(H,21,25). The largest absolute Gasteiger partial charge is 0.355 e. The summed E-state index contributed by atoms with van der Waals surface area (Å²) in [7, 11) is -2.46. The molecule has 0 aromatic heterocycles. The first-order valence-electron chi connectivity index (χ1n) is 9.51. The first kappa shape index (κ1) is 22.8. The molecule has 2 rings (SSSR count). The topological polar surface area (TPSA) is 114 Å². The van der Waals surface area contributed by atoms with Crippen LogP contribution in [0.3, 0.4) is 0 Å². The van der Waals surface area contributed by atoms with Gasteiger partial charge < -0.3 is 10.2 Å². The minimum atomic E-state index is -3.83. The molecule has 1 aromatic rings. The Bertz CT molecular complexity index is 864. The predicted molar refractivity (Wildman–Crippen MR) is 107 cm³/mol. The third-order valence-electron chi connectivity index (χ3n) is 4.73. The van der Waals surface area contributed by atoms with Crippen molar-refractivity contribution in [2.75, 3.05) is 52.9 Å². The summed E-state index contributed by atoms with van der Waals surface area (Å²) in [6, 6.07) is 7.52. The van der Waals surface area contributed by atoms with Crippen LogP contribution >= 0.6 is 0 Å². The highest BCUT2D eigenvalue weighted by Crippen LogP contribution is 2.15. The van der Waals surface area contributed by atoms with Crippen molar-refractivity contribution in [3.8, 4) is 6.07 Å². The molecule has 1 saturated heterocycles. The van der Waals surface area contributed by atoms with Crippen LogP contribution in [0.2, 0.25) is 0 Å². The maximum absolute atomic E-state index is 12.7. The SMILES string of the molecule is CCNC(=O)CN1CCCN(C(=O)CN(C)S(=O)(=O)c2ccc(C#N)cc2)CC1. The average Bonchev–Trinajstić information content (AvgIpc) is 2.93. The summed E-state index contributed by atoms with van der Waals surface area (Å²) in [6.45, 7) is 4.72. The van der Waals surface area contributed by atoms with Gasteiger partial charge in [-0.2, -0.15) is 9.57 Å². The molecule has 158 valence electrons. The second-order valence-corrected chi connectivity index (χ2v) is 8.91. The molecule has 0 spiro atoms. The molecule has 0 bridgehead atoms. The fraction of sp³-hybridized carbons (Fsp3) is 0.526. The first-order valence-corrected chi connectivity index (χ1v) is 10.9. The number of sulfonamides is 1. The lowest BCUT2D eigenvalue weighted by Crippen LogP contribution is -2.43. The van der Waals surface area contributed by atoms with Gasteiger partial charge in [-0.05, 0) is 37.6 Å². The number of amides is 2. The Morgan fingerprint density at radius 1 is 1.17 bits per heavy atom. The Morgan fingerprint density at radius 3 is 2.48 bits per heavy atom. The highest BCUT2D eigenvalue weighted by molar-refractivity contribution is 7.89. The van der Waals surface area contributed by atoms with Crippen molar-refractivity contribution in [3.05, 3.63) is 29.8 Å². The van der Waals surface area contributed by atoms with Gasteiger partial charge in [0.25, 0.3) is 0 Å². The molecular formula is C19H27N5O4S. The van der Waals surface area contributed by atoms with Gasteiger partial charge in [-0.25, -0.2) is 8.42 Å². The van der Waals surface area contributed by atoms with Gasteiger partial charge in [0, 0.05) is 39.8 Å². The Hall–Kier alpha value is -2.48. The van der Waals surface area contributed by atoms with Crippen LogP contribution in [0.5, 0.6) is 0 Å². The highest BCUT2D eigenvalue weighted by Gasteiger charge is 2.26. The number of nitrogens with zero attached hydrogens (tertiary/aromatic N) is 4. The lowest BCUT2D eigenvalue weighted by Gasteiger charge is -2.24. The quantitative estimate of drug-likeness (QED) is 0.655. The molecule has 1 heterocycles. The van der Waals surface area contributed by atoms with Gasteiger partial charge in [0.1, 0.15) is 0 Å². The van der Waals surface area contributed by atoms with Crippen molar-refractivity contribution in [2.24, 2.45) is 0 Å². The number of benzene rings is 1. The monoisotopic (exact) mass is 421 g/mol. The fourth-order valence-corrected chi connectivity index (χ4v) is 4.21. The van der Waals surface area contributed by atoms with E-state index in [2.05, 4.69) is 5.32 Å². The summed E-state index contributed by atoms with van der Waals surface area (Å²) in [6.07, 6.45) is 0.719. The molecule has 0 radical (unpaired) electrons. The molecule has 2 amide bonds. The van der Waals surface area contributed by atoms with Crippen LogP contribution in [0.1, 0.15) is 18.9 Å². The van der Waals surface area contributed by atoms with Crippen molar-refractivity contribution in [1.82, 2.24) is 19.4 Å². The van der Waals surface area contributed by atoms with Crippen LogP contribution < -0.4 is 5.32 Å². The molecule has 10 heteroatoms. The molecule has 1 aliphatic heterocycles. The van der Waals surface area contributed by atoms with E-state index in [9.17, 15) is 18.0 Å². The van der Waals surface area contributed by atoms with Crippen molar-refractivity contribution < 1.29 is 18.0 Å². The van der Waals surface area contributed by atoms with Gasteiger partial charge >= 0.3 is 0 Å². The second kappa shape index (κ2) is 10.3. The van der Waals surface area contributed by atoms with E-state index in [-0.39, 0.29) is 23.3 Å². The number of nitriles is 1. The van der Waals surface area contributed by atoms with Crippen molar-refractivity contribution in [2.45, 2.75) is 18.2 Å². The average molecular weight is 422 g/mol. The van der Waals surface area contributed by atoms with Gasteiger partial charge in [-0.3, -0.25) is 14.5 Å². The van der Waals surface area contributed by atoms with E-state index < -0.39 is 10.0 Å². The minimum Gasteiger partial charge on any atom is -0.355 e. The number of carbonyl (C=O) groups is 2. The summed E-state index contributed by atoms with van der Waals surface area (Å²) in [4.78, 5) is 28.1. The van der Waals surface area contributed by atoms with Crippen LogP contribution in [0, 0.1) is 11.3 Å². The molecular weight excluding hydrogens is 394 g/mol. The molecule has 1 N–H and O–H groups in total. The van der Waals surface area contributed by atoms with E-state index in [4.69, 9.17) is 5.26 Å². The summed E-state index contributed by atoms with van der Waals surface area (Å²) >= 11 is 0. The van der Waals surface area contributed by atoms with E-state index in [1.807, 2.05) is 17.9 Å². The zero-order valence-corrected chi connectivity index (χ0v) is 17.6. The Morgan fingerprint density at radius 2 is 1.86 bits per heavy atom. The van der Waals surface area contributed by atoms with E-state index >= 15 is 0 Å². The van der Waals surface area contributed by atoms with Gasteiger partial charge in [-0.15, -0.1) is 0 Å². The molecule has 0 saturated carbocycles. The maximum Gasteiger partial charge on any atom is 0.243 e. The lowest BCUT2D eigenvalue weighted by molar-refractivity contribution is -0.131. The Labute approximate surface area is 171 Å². The van der Waals surface area contributed by atoms with Gasteiger partial charge in [0.2, 0.25) is 21.8 Å². The highest BCUT2D eigenvalue weighted by atomic mass is 32.2. The van der Waals surface area contributed by atoms with Crippen LogP contribution in [0.15, 0.2) is 29.2 Å². The number of rotatable bonds is 7. The molecule has 0 atom stereocenters. The molecule has 29 heavy (non-hydrogen) atoms. The van der Waals surface area contributed by atoms with Gasteiger partial charge in [0.15, 0.2) is 0 Å². The Balaban J connectivity index is 1.94.